The molecular weight excluding hydrogens is 352 g/mol. The SMILES string of the molecule is CCCC(=O)N1CCN(S(=O)(=O)c2ccc(S(C)(=O)=O)cc2)CC1. The van der Waals surface area contributed by atoms with Gasteiger partial charge in [0.15, 0.2) is 9.84 Å². The van der Waals surface area contributed by atoms with Crippen molar-refractivity contribution in [2.45, 2.75) is 29.6 Å². The zero-order valence-corrected chi connectivity index (χ0v) is 15.4. The molecule has 1 aromatic carbocycles. The van der Waals surface area contributed by atoms with Gasteiger partial charge in [-0.1, -0.05) is 6.92 Å². The van der Waals surface area contributed by atoms with E-state index in [9.17, 15) is 21.6 Å². The molecule has 0 spiro atoms. The average Bonchev–Trinajstić information content (AvgIpc) is 2.54. The van der Waals surface area contributed by atoms with Crippen LogP contribution >= 0.6 is 0 Å². The molecule has 1 aliphatic rings. The van der Waals surface area contributed by atoms with Gasteiger partial charge in [-0.25, -0.2) is 16.8 Å². The molecule has 0 radical (unpaired) electrons. The predicted molar refractivity (Wildman–Crippen MR) is 89.8 cm³/mol. The summed E-state index contributed by atoms with van der Waals surface area (Å²) < 4.78 is 49.5. The normalized spacial score (nSPS) is 17.0. The first-order valence-corrected chi connectivity index (χ1v) is 11.1. The van der Waals surface area contributed by atoms with Crippen molar-refractivity contribution >= 4 is 25.8 Å². The number of carbonyl (C=O) groups excluding carboxylic acids is 1. The van der Waals surface area contributed by atoms with E-state index in [0.717, 1.165) is 12.7 Å². The highest BCUT2D eigenvalue weighted by Crippen LogP contribution is 2.20. The topological polar surface area (TPSA) is 91.8 Å². The van der Waals surface area contributed by atoms with Crippen LogP contribution < -0.4 is 0 Å². The fraction of sp³-hybridized carbons (Fsp3) is 0.533. The molecule has 0 aromatic heterocycles. The number of piperazine rings is 1. The highest BCUT2D eigenvalue weighted by atomic mass is 32.2. The van der Waals surface area contributed by atoms with Crippen molar-refractivity contribution in [1.82, 2.24) is 9.21 Å². The number of carbonyl (C=O) groups is 1. The molecule has 0 unspecified atom stereocenters. The summed E-state index contributed by atoms with van der Waals surface area (Å²) in [4.78, 5) is 13.7. The summed E-state index contributed by atoms with van der Waals surface area (Å²) >= 11 is 0. The van der Waals surface area contributed by atoms with Crippen molar-refractivity contribution in [1.29, 1.82) is 0 Å². The van der Waals surface area contributed by atoms with E-state index in [-0.39, 0.29) is 28.8 Å². The van der Waals surface area contributed by atoms with Gasteiger partial charge in [0.25, 0.3) is 0 Å². The minimum absolute atomic E-state index is 0.0482. The van der Waals surface area contributed by atoms with Crippen LogP contribution in [0.1, 0.15) is 19.8 Å². The molecular formula is C15H22N2O5S2. The number of hydrogen-bond donors (Lipinski definition) is 0. The lowest BCUT2D eigenvalue weighted by Gasteiger charge is -2.34. The summed E-state index contributed by atoms with van der Waals surface area (Å²) in [6.07, 6.45) is 2.31. The van der Waals surface area contributed by atoms with Gasteiger partial charge in [-0.05, 0) is 30.7 Å². The zero-order chi connectivity index (χ0) is 18.0. The lowest BCUT2D eigenvalue weighted by atomic mass is 10.2. The Kier molecular flexibility index (Phi) is 5.67. The second kappa shape index (κ2) is 7.20. The van der Waals surface area contributed by atoms with E-state index in [2.05, 4.69) is 0 Å². The molecule has 2 rings (SSSR count). The molecule has 1 heterocycles. The number of sulfone groups is 1. The van der Waals surface area contributed by atoms with Crippen LogP contribution in [0.5, 0.6) is 0 Å². The number of rotatable bonds is 5. The first-order chi connectivity index (χ1) is 11.2. The van der Waals surface area contributed by atoms with Gasteiger partial charge in [0, 0.05) is 38.9 Å². The Morgan fingerprint density at radius 1 is 0.958 bits per heavy atom. The van der Waals surface area contributed by atoms with Crippen LogP contribution in [-0.4, -0.2) is 64.4 Å². The Bertz CT molecular complexity index is 793. The Balaban J connectivity index is 2.10. The highest BCUT2D eigenvalue weighted by Gasteiger charge is 2.29. The van der Waals surface area contributed by atoms with E-state index in [0.29, 0.717) is 19.5 Å². The first kappa shape index (κ1) is 18.9. The third-order valence-corrected chi connectivity index (χ3v) is 6.99. The molecule has 0 bridgehead atoms. The first-order valence-electron chi connectivity index (χ1n) is 7.74. The second-order valence-electron chi connectivity index (χ2n) is 5.78. The maximum Gasteiger partial charge on any atom is 0.243 e. The van der Waals surface area contributed by atoms with Crippen molar-refractivity contribution in [2.24, 2.45) is 0 Å². The number of benzene rings is 1. The van der Waals surface area contributed by atoms with Crippen molar-refractivity contribution in [3.8, 4) is 0 Å². The molecule has 1 saturated heterocycles. The van der Waals surface area contributed by atoms with Crippen molar-refractivity contribution in [2.75, 3.05) is 32.4 Å². The largest absolute Gasteiger partial charge is 0.340 e. The minimum atomic E-state index is -3.69. The third kappa shape index (κ3) is 4.14. The lowest BCUT2D eigenvalue weighted by molar-refractivity contribution is -0.132. The smallest absolute Gasteiger partial charge is 0.243 e. The molecule has 0 aliphatic carbocycles. The van der Waals surface area contributed by atoms with E-state index in [1.807, 2.05) is 6.92 Å². The van der Waals surface area contributed by atoms with Gasteiger partial charge in [-0.3, -0.25) is 4.79 Å². The van der Waals surface area contributed by atoms with Crippen molar-refractivity contribution in [3.05, 3.63) is 24.3 Å². The number of hydrogen-bond acceptors (Lipinski definition) is 5. The van der Waals surface area contributed by atoms with Gasteiger partial charge in [0.2, 0.25) is 15.9 Å². The maximum absolute atomic E-state index is 12.6. The second-order valence-corrected chi connectivity index (χ2v) is 9.73. The van der Waals surface area contributed by atoms with Gasteiger partial charge >= 0.3 is 0 Å². The molecule has 1 amide bonds. The number of nitrogens with zero attached hydrogens (tertiary/aromatic N) is 2. The Labute approximate surface area is 143 Å². The maximum atomic E-state index is 12.6. The molecule has 0 N–H and O–H groups in total. The van der Waals surface area contributed by atoms with Crippen LogP contribution in [-0.2, 0) is 24.7 Å². The van der Waals surface area contributed by atoms with Gasteiger partial charge in [0.1, 0.15) is 0 Å². The average molecular weight is 374 g/mol. The number of sulfonamides is 1. The molecule has 1 aromatic rings. The molecule has 1 aliphatic heterocycles. The summed E-state index contributed by atoms with van der Waals surface area (Å²) in [6.45, 7) is 3.16. The summed E-state index contributed by atoms with van der Waals surface area (Å²) in [6, 6.07) is 5.20. The minimum Gasteiger partial charge on any atom is -0.340 e. The molecule has 24 heavy (non-hydrogen) atoms. The predicted octanol–water partition coefficient (Wildman–Crippen LogP) is 0.723. The molecule has 0 saturated carbocycles. The summed E-state index contributed by atoms with van der Waals surface area (Å²) in [5.41, 5.74) is 0. The van der Waals surface area contributed by atoms with Crippen molar-refractivity contribution < 1.29 is 21.6 Å². The third-order valence-electron chi connectivity index (χ3n) is 3.94. The van der Waals surface area contributed by atoms with E-state index < -0.39 is 19.9 Å². The van der Waals surface area contributed by atoms with Crippen molar-refractivity contribution in [3.63, 3.8) is 0 Å². The molecule has 7 nitrogen and oxygen atoms in total. The highest BCUT2D eigenvalue weighted by molar-refractivity contribution is 7.90. The Hall–Kier alpha value is -1.45. The number of amides is 1. The molecule has 0 atom stereocenters. The monoisotopic (exact) mass is 374 g/mol. The van der Waals surface area contributed by atoms with Crippen LogP contribution in [0.15, 0.2) is 34.1 Å². The van der Waals surface area contributed by atoms with Crippen LogP contribution in [0.25, 0.3) is 0 Å². The van der Waals surface area contributed by atoms with Gasteiger partial charge in [-0.15, -0.1) is 0 Å². The van der Waals surface area contributed by atoms with E-state index >= 15 is 0 Å². The van der Waals surface area contributed by atoms with E-state index in [4.69, 9.17) is 0 Å². The van der Waals surface area contributed by atoms with E-state index in [1.54, 1.807) is 4.90 Å². The Morgan fingerprint density at radius 2 is 1.46 bits per heavy atom. The standard InChI is InChI=1S/C15H22N2O5S2/c1-3-4-15(18)16-9-11-17(12-10-16)24(21,22)14-7-5-13(6-8-14)23(2,19)20/h5-8H,3-4,9-12H2,1-2H3. The summed E-state index contributed by atoms with van der Waals surface area (Å²) in [5.74, 6) is 0.0482. The molecule has 9 heteroatoms. The zero-order valence-electron chi connectivity index (χ0n) is 13.8. The molecule has 1 fully saturated rings. The van der Waals surface area contributed by atoms with Crippen LogP contribution in [0, 0.1) is 0 Å². The van der Waals surface area contributed by atoms with Crippen LogP contribution in [0.3, 0.4) is 0 Å². The molecule has 134 valence electrons. The summed E-state index contributed by atoms with van der Waals surface area (Å²) in [7, 11) is -7.05. The van der Waals surface area contributed by atoms with Gasteiger partial charge in [0.05, 0.1) is 9.79 Å². The Morgan fingerprint density at radius 3 is 1.92 bits per heavy atom. The van der Waals surface area contributed by atoms with Crippen LogP contribution in [0.2, 0.25) is 0 Å². The fourth-order valence-electron chi connectivity index (χ4n) is 2.56. The quantitative estimate of drug-likeness (QED) is 0.757. The van der Waals surface area contributed by atoms with Gasteiger partial charge < -0.3 is 4.90 Å². The fourth-order valence-corrected chi connectivity index (χ4v) is 4.61. The van der Waals surface area contributed by atoms with E-state index in [1.165, 1.54) is 28.6 Å². The van der Waals surface area contributed by atoms with Crippen LogP contribution in [0.4, 0.5) is 0 Å². The van der Waals surface area contributed by atoms with Gasteiger partial charge in [-0.2, -0.15) is 4.31 Å². The summed E-state index contributed by atoms with van der Waals surface area (Å²) in [5, 5.41) is 0. The lowest BCUT2D eigenvalue weighted by Crippen LogP contribution is -2.50.